The second-order valence-corrected chi connectivity index (χ2v) is 2.70. The Bertz CT molecular complexity index is 248. The van der Waals surface area contributed by atoms with Crippen molar-refractivity contribution in [2.75, 3.05) is 0 Å². The number of sulfonamides is 1. The Kier molecular flexibility index (Phi) is 3.16. The zero-order chi connectivity index (χ0) is 7.33. The Labute approximate surface area is 56.9 Å². The fraction of sp³-hybridized carbons (Fsp3) is 0. The van der Waals surface area contributed by atoms with E-state index in [2.05, 4.69) is 4.40 Å². The Morgan fingerprint density at radius 1 is 1.56 bits per heavy atom. The molecule has 0 aromatic carbocycles. The predicted octanol–water partition coefficient (Wildman–Crippen LogP) is 0.362. The van der Waals surface area contributed by atoms with Gasteiger partial charge in [-0.1, -0.05) is 16.0 Å². The van der Waals surface area contributed by atoms with Gasteiger partial charge in [0, 0.05) is 5.54 Å². The van der Waals surface area contributed by atoms with Gasteiger partial charge in [0.05, 0.1) is 5.41 Å². The molecule has 0 aliphatic rings. The summed E-state index contributed by atoms with van der Waals surface area (Å²) >= 11 is 4.87. The molecule has 0 saturated heterocycles. The van der Waals surface area contributed by atoms with Gasteiger partial charge in [0.2, 0.25) is 0 Å². The maximum Gasteiger partial charge on any atom is 0.286 e. The molecule has 0 unspecified atom stereocenters. The molecule has 0 amide bonds. The number of hydrogen-bond acceptors (Lipinski definition) is 3. The molecule has 0 aromatic heterocycles. The van der Waals surface area contributed by atoms with E-state index in [0.29, 0.717) is 5.41 Å². The van der Waals surface area contributed by atoms with E-state index in [1.165, 1.54) is 0 Å². The number of hydrogen-bond donors (Lipinski definition) is 0. The lowest BCUT2D eigenvalue weighted by molar-refractivity contribution is 0.564. The molecule has 0 radical (unpaired) electrons. The minimum absolute atomic E-state index is 0.583. The van der Waals surface area contributed by atoms with Crippen molar-refractivity contribution in [3.05, 3.63) is 10.9 Å². The van der Waals surface area contributed by atoms with Crippen molar-refractivity contribution >= 4 is 27.7 Å². The van der Waals surface area contributed by atoms with Crippen LogP contribution in [0.2, 0.25) is 0 Å². The molecule has 0 saturated carbocycles. The number of nitrogens with zero attached hydrogens (tertiary/aromatic N) is 1. The molecule has 0 atom stereocenters. The molecule has 0 N–H and O–H groups in total. The van der Waals surface area contributed by atoms with Crippen LogP contribution in [0, 0.1) is 0 Å². The highest BCUT2D eigenvalue weighted by Gasteiger charge is 1.97. The first-order valence-electron chi connectivity index (χ1n) is 1.73. The lowest BCUT2D eigenvalue weighted by Crippen LogP contribution is -1.85. The Hall–Kier alpha value is -0.640. The van der Waals surface area contributed by atoms with Crippen LogP contribution in [0.1, 0.15) is 0 Å². The molecule has 0 heterocycles. The average Bonchev–Trinajstić information content (AvgIpc) is 1.64. The van der Waals surface area contributed by atoms with Gasteiger partial charge in [-0.3, -0.25) is 0 Å². The molecule has 0 bridgehead atoms. The van der Waals surface area contributed by atoms with Gasteiger partial charge in [-0.25, -0.2) is 4.79 Å². The quantitative estimate of drug-likeness (QED) is 0.441. The SMILES string of the molecule is O=C=NS(=O)(=O)/C=C\Cl. The molecule has 0 aliphatic carbocycles. The molecule has 0 spiro atoms. The fourth-order valence-corrected chi connectivity index (χ4v) is 0.832. The monoisotopic (exact) mass is 167 g/mol. The number of isocyanates is 1. The van der Waals surface area contributed by atoms with Crippen LogP contribution in [0.25, 0.3) is 0 Å². The zero-order valence-electron chi connectivity index (χ0n) is 4.11. The van der Waals surface area contributed by atoms with E-state index < -0.39 is 10.0 Å². The van der Waals surface area contributed by atoms with Crippen LogP contribution in [0.15, 0.2) is 15.3 Å². The van der Waals surface area contributed by atoms with Crippen molar-refractivity contribution < 1.29 is 13.2 Å². The Morgan fingerprint density at radius 3 is 2.44 bits per heavy atom. The normalized spacial score (nSPS) is 11.2. The molecule has 9 heavy (non-hydrogen) atoms. The molecule has 0 aliphatic heterocycles. The molecule has 0 aromatic rings. The highest BCUT2D eigenvalue weighted by molar-refractivity contribution is 7.93. The summed E-state index contributed by atoms with van der Waals surface area (Å²) in [5.41, 5.74) is 0.746. The molecular weight excluding hydrogens is 166 g/mol. The molecule has 4 nitrogen and oxygen atoms in total. The van der Waals surface area contributed by atoms with Crippen LogP contribution in [0.3, 0.4) is 0 Å². The standard InChI is InChI=1S/C3H2ClNO3S/c4-1-2-9(7,8)5-3-6/h1-2H/b2-1-. The van der Waals surface area contributed by atoms with Gasteiger partial charge in [-0.05, 0) is 0 Å². The summed E-state index contributed by atoms with van der Waals surface area (Å²) in [5, 5.41) is 0.583. The van der Waals surface area contributed by atoms with E-state index in [1.54, 1.807) is 0 Å². The summed E-state index contributed by atoms with van der Waals surface area (Å²) in [7, 11) is -3.79. The third kappa shape index (κ3) is 3.90. The topological polar surface area (TPSA) is 63.6 Å². The van der Waals surface area contributed by atoms with Gasteiger partial charge in [0.25, 0.3) is 16.1 Å². The van der Waals surface area contributed by atoms with Gasteiger partial charge in [-0.2, -0.15) is 8.42 Å². The van der Waals surface area contributed by atoms with Crippen molar-refractivity contribution in [2.24, 2.45) is 4.40 Å². The van der Waals surface area contributed by atoms with Crippen LogP contribution < -0.4 is 0 Å². The van der Waals surface area contributed by atoms with Crippen molar-refractivity contribution in [2.45, 2.75) is 0 Å². The lowest BCUT2D eigenvalue weighted by Gasteiger charge is -1.77. The second-order valence-electron chi connectivity index (χ2n) is 0.960. The van der Waals surface area contributed by atoms with E-state index in [9.17, 15) is 13.2 Å². The third-order valence-electron chi connectivity index (χ3n) is 0.388. The minimum atomic E-state index is -3.79. The van der Waals surface area contributed by atoms with Gasteiger partial charge in [0.15, 0.2) is 0 Å². The minimum Gasteiger partial charge on any atom is -0.210 e. The van der Waals surface area contributed by atoms with Crippen molar-refractivity contribution in [3.8, 4) is 0 Å². The van der Waals surface area contributed by atoms with Crippen molar-refractivity contribution in [1.82, 2.24) is 0 Å². The Balaban J connectivity index is 4.62. The summed E-state index contributed by atoms with van der Waals surface area (Å²) in [6.07, 6.45) is 0.870. The molecular formula is C3H2ClNO3S. The van der Waals surface area contributed by atoms with Crippen LogP contribution in [-0.2, 0) is 14.8 Å². The largest absolute Gasteiger partial charge is 0.286 e. The second kappa shape index (κ2) is 3.40. The predicted molar refractivity (Wildman–Crippen MR) is 32.0 cm³/mol. The van der Waals surface area contributed by atoms with Crippen molar-refractivity contribution in [3.63, 3.8) is 0 Å². The van der Waals surface area contributed by atoms with Gasteiger partial charge < -0.3 is 0 Å². The van der Waals surface area contributed by atoms with E-state index in [-0.39, 0.29) is 0 Å². The summed E-state index contributed by atoms with van der Waals surface area (Å²) in [6, 6.07) is 0. The summed E-state index contributed by atoms with van der Waals surface area (Å²) in [5.74, 6) is 0. The number of halogens is 1. The van der Waals surface area contributed by atoms with Gasteiger partial charge in [-0.15, -0.1) is 0 Å². The average molecular weight is 168 g/mol. The highest BCUT2D eigenvalue weighted by atomic mass is 35.5. The maximum atomic E-state index is 10.2. The smallest absolute Gasteiger partial charge is 0.210 e. The first kappa shape index (κ1) is 8.36. The number of carbonyl (C=O) groups excluding carboxylic acids is 1. The van der Waals surface area contributed by atoms with Crippen LogP contribution >= 0.6 is 11.6 Å². The summed E-state index contributed by atoms with van der Waals surface area (Å²) in [4.78, 5) is 9.35. The van der Waals surface area contributed by atoms with Crippen molar-refractivity contribution in [1.29, 1.82) is 0 Å². The summed E-state index contributed by atoms with van der Waals surface area (Å²) < 4.78 is 22.9. The van der Waals surface area contributed by atoms with E-state index >= 15 is 0 Å². The number of rotatable bonds is 2. The fourth-order valence-electron chi connectivity index (χ4n) is 0.147. The lowest BCUT2D eigenvalue weighted by atomic mass is 11.3. The van der Waals surface area contributed by atoms with Crippen LogP contribution in [0.5, 0.6) is 0 Å². The van der Waals surface area contributed by atoms with E-state index in [0.717, 1.165) is 11.6 Å². The van der Waals surface area contributed by atoms with Crippen LogP contribution in [-0.4, -0.2) is 14.5 Å². The molecule has 50 valence electrons. The first-order valence-corrected chi connectivity index (χ1v) is 3.67. The first-order chi connectivity index (χ1) is 4.12. The van der Waals surface area contributed by atoms with Crippen LogP contribution in [0.4, 0.5) is 0 Å². The maximum absolute atomic E-state index is 10.2. The van der Waals surface area contributed by atoms with Gasteiger partial charge in [0.1, 0.15) is 0 Å². The highest BCUT2D eigenvalue weighted by Crippen LogP contribution is 1.92. The molecule has 6 heteroatoms. The summed E-state index contributed by atoms with van der Waals surface area (Å²) in [6.45, 7) is 0. The molecule has 0 fully saturated rings. The Morgan fingerprint density at radius 2 is 2.11 bits per heavy atom. The zero-order valence-corrected chi connectivity index (χ0v) is 5.69. The van der Waals surface area contributed by atoms with E-state index in [4.69, 9.17) is 11.6 Å². The third-order valence-corrected chi connectivity index (χ3v) is 1.47. The molecule has 0 rings (SSSR count). The van der Waals surface area contributed by atoms with E-state index in [1.807, 2.05) is 0 Å². The van der Waals surface area contributed by atoms with Gasteiger partial charge >= 0.3 is 0 Å².